The van der Waals surface area contributed by atoms with Crippen molar-refractivity contribution in [1.29, 1.82) is 0 Å². The van der Waals surface area contributed by atoms with E-state index in [0.29, 0.717) is 11.5 Å². The van der Waals surface area contributed by atoms with E-state index in [-0.39, 0.29) is 24.8 Å². The minimum atomic E-state index is -0.246. The van der Waals surface area contributed by atoms with Crippen molar-refractivity contribution in [3.05, 3.63) is 41.3 Å². The van der Waals surface area contributed by atoms with E-state index in [2.05, 4.69) is 20.7 Å². The molecule has 7 nitrogen and oxygen atoms in total. The maximum atomic E-state index is 11.9. The smallest absolute Gasteiger partial charge is 0.269 e. The molecule has 0 saturated carbocycles. The first-order valence-electron chi connectivity index (χ1n) is 6.97. The van der Waals surface area contributed by atoms with E-state index in [4.69, 9.17) is 0 Å². The van der Waals surface area contributed by atoms with Crippen LogP contribution in [0.4, 0.5) is 5.82 Å². The molecule has 0 radical (unpaired) electrons. The molecule has 2 heterocycles. The summed E-state index contributed by atoms with van der Waals surface area (Å²) in [7, 11) is 1.71. The van der Waals surface area contributed by atoms with Gasteiger partial charge in [0.25, 0.3) is 5.91 Å². The molecule has 22 heavy (non-hydrogen) atoms. The second kappa shape index (κ2) is 6.84. The molecule has 2 aromatic heterocycles. The van der Waals surface area contributed by atoms with Crippen molar-refractivity contribution in [3.8, 4) is 0 Å². The van der Waals surface area contributed by atoms with Crippen LogP contribution in [0.25, 0.3) is 0 Å². The highest BCUT2D eigenvalue weighted by Gasteiger charge is 2.12. The van der Waals surface area contributed by atoms with Crippen LogP contribution < -0.4 is 10.6 Å². The number of anilines is 1. The van der Waals surface area contributed by atoms with E-state index < -0.39 is 0 Å². The normalized spacial score (nSPS) is 10.3. The number of amides is 2. The molecule has 0 atom stereocenters. The third-order valence-corrected chi connectivity index (χ3v) is 3.06. The summed E-state index contributed by atoms with van der Waals surface area (Å²) < 4.78 is 1.52. The number of carbonyl (C=O) groups excluding carboxylic acids is 2. The number of carbonyl (C=O) groups is 2. The van der Waals surface area contributed by atoms with Gasteiger partial charge < -0.3 is 10.6 Å². The van der Waals surface area contributed by atoms with Gasteiger partial charge >= 0.3 is 0 Å². The number of hydrogen-bond acceptors (Lipinski definition) is 4. The Kier molecular flexibility index (Phi) is 4.88. The Hall–Kier alpha value is -2.70. The van der Waals surface area contributed by atoms with Crippen LogP contribution in [0.3, 0.4) is 0 Å². The molecule has 0 saturated heterocycles. The van der Waals surface area contributed by atoms with Crippen LogP contribution in [-0.2, 0) is 11.8 Å². The molecule has 116 valence electrons. The summed E-state index contributed by atoms with van der Waals surface area (Å²) in [6.07, 6.45) is 1.82. The van der Waals surface area contributed by atoms with Crippen molar-refractivity contribution < 1.29 is 9.59 Å². The number of nitrogens with one attached hydrogen (secondary N) is 2. The van der Waals surface area contributed by atoms with Gasteiger partial charge in [-0.1, -0.05) is 0 Å². The van der Waals surface area contributed by atoms with Crippen LogP contribution in [0.1, 0.15) is 28.2 Å². The minimum Gasteiger partial charge on any atom is -0.350 e. The SMILES string of the molecule is Cc1ccnc(NC(=O)CCNC(=O)c2cc(C)nn2C)c1. The van der Waals surface area contributed by atoms with Crippen molar-refractivity contribution in [1.82, 2.24) is 20.1 Å². The van der Waals surface area contributed by atoms with Gasteiger partial charge in [0.15, 0.2) is 0 Å². The Labute approximate surface area is 128 Å². The van der Waals surface area contributed by atoms with Crippen molar-refractivity contribution in [3.63, 3.8) is 0 Å². The van der Waals surface area contributed by atoms with Gasteiger partial charge in [0.2, 0.25) is 5.91 Å². The second-order valence-corrected chi connectivity index (χ2v) is 5.07. The molecular weight excluding hydrogens is 282 g/mol. The first-order valence-corrected chi connectivity index (χ1v) is 6.97. The monoisotopic (exact) mass is 301 g/mol. The Morgan fingerprint density at radius 3 is 2.68 bits per heavy atom. The second-order valence-electron chi connectivity index (χ2n) is 5.07. The number of rotatable bonds is 5. The predicted molar refractivity (Wildman–Crippen MR) is 82.5 cm³/mol. The summed E-state index contributed by atoms with van der Waals surface area (Å²) in [5.41, 5.74) is 2.26. The van der Waals surface area contributed by atoms with Gasteiger partial charge in [-0.25, -0.2) is 4.98 Å². The van der Waals surface area contributed by atoms with Crippen LogP contribution in [0.15, 0.2) is 24.4 Å². The summed E-state index contributed by atoms with van der Waals surface area (Å²) in [4.78, 5) is 27.8. The molecule has 0 bridgehead atoms. The van der Waals surface area contributed by atoms with Crippen LogP contribution in [0.5, 0.6) is 0 Å². The molecular formula is C15H19N5O2. The summed E-state index contributed by atoms with van der Waals surface area (Å²) in [6.45, 7) is 3.99. The van der Waals surface area contributed by atoms with E-state index in [0.717, 1.165) is 11.3 Å². The molecule has 2 rings (SSSR count). The summed E-state index contributed by atoms with van der Waals surface area (Å²) >= 11 is 0. The van der Waals surface area contributed by atoms with Gasteiger partial charge in [-0.3, -0.25) is 14.3 Å². The van der Waals surface area contributed by atoms with E-state index in [1.807, 2.05) is 19.9 Å². The standard InChI is InChI=1S/C15H19N5O2/c1-10-4-6-16-13(8-10)18-14(21)5-7-17-15(22)12-9-11(2)19-20(12)3/h4,6,8-9H,5,7H2,1-3H3,(H,17,22)(H,16,18,21). The van der Waals surface area contributed by atoms with Gasteiger partial charge in [0.05, 0.1) is 5.69 Å². The molecule has 0 aliphatic carbocycles. The van der Waals surface area contributed by atoms with Gasteiger partial charge in [0.1, 0.15) is 11.5 Å². The van der Waals surface area contributed by atoms with Gasteiger partial charge in [-0.2, -0.15) is 5.10 Å². The van der Waals surface area contributed by atoms with Crippen molar-refractivity contribution >= 4 is 17.6 Å². The fraction of sp³-hybridized carbons (Fsp3) is 0.333. The molecule has 0 fully saturated rings. The van der Waals surface area contributed by atoms with Gasteiger partial charge in [-0.15, -0.1) is 0 Å². The molecule has 2 aromatic rings. The van der Waals surface area contributed by atoms with E-state index in [1.54, 1.807) is 25.4 Å². The van der Waals surface area contributed by atoms with Gasteiger partial charge in [0, 0.05) is 26.2 Å². The lowest BCUT2D eigenvalue weighted by atomic mass is 10.3. The summed E-state index contributed by atoms with van der Waals surface area (Å²) in [6, 6.07) is 5.34. The average Bonchev–Trinajstić information content (AvgIpc) is 2.77. The molecule has 2 amide bonds. The quantitative estimate of drug-likeness (QED) is 0.868. The van der Waals surface area contributed by atoms with Crippen molar-refractivity contribution in [2.75, 3.05) is 11.9 Å². The first-order chi connectivity index (χ1) is 10.5. The molecule has 0 aliphatic heterocycles. The van der Waals surface area contributed by atoms with Crippen molar-refractivity contribution in [2.45, 2.75) is 20.3 Å². The largest absolute Gasteiger partial charge is 0.350 e. The third kappa shape index (κ3) is 4.15. The molecule has 2 N–H and O–H groups in total. The van der Waals surface area contributed by atoms with Crippen LogP contribution in [-0.4, -0.2) is 33.1 Å². The molecule has 0 spiro atoms. The topological polar surface area (TPSA) is 88.9 Å². The molecule has 7 heteroatoms. The van der Waals surface area contributed by atoms with E-state index in [9.17, 15) is 9.59 Å². The lowest BCUT2D eigenvalue weighted by Gasteiger charge is -2.06. The maximum Gasteiger partial charge on any atom is 0.269 e. The highest BCUT2D eigenvalue weighted by molar-refractivity contribution is 5.94. The number of aromatic nitrogens is 3. The summed E-state index contributed by atoms with van der Waals surface area (Å²) in [5.74, 6) is 0.0720. The Morgan fingerprint density at radius 1 is 1.27 bits per heavy atom. The first kappa shape index (κ1) is 15.7. The van der Waals surface area contributed by atoms with Crippen LogP contribution >= 0.6 is 0 Å². The van der Waals surface area contributed by atoms with Gasteiger partial charge in [-0.05, 0) is 37.6 Å². The molecule has 0 aliphatic rings. The molecule has 0 unspecified atom stereocenters. The van der Waals surface area contributed by atoms with Crippen LogP contribution in [0, 0.1) is 13.8 Å². The maximum absolute atomic E-state index is 11.9. The van der Waals surface area contributed by atoms with Crippen molar-refractivity contribution in [2.24, 2.45) is 7.05 Å². The Morgan fingerprint density at radius 2 is 2.05 bits per heavy atom. The third-order valence-electron chi connectivity index (χ3n) is 3.06. The number of aryl methyl sites for hydroxylation is 3. The lowest BCUT2D eigenvalue weighted by Crippen LogP contribution is -2.29. The highest BCUT2D eigenvalue weighted by atomic mass is 16.2. The summed E-state index contributed by atoms with van der Waals surface area (Å²) in [5, 5.41) is 9.50. The average molecular weight is 301 g/mol. The highest BCUT2D eigenvalue weighted by Crippen LogP contribution is 2.05. The Balaban J connectivity index is 1.80. The number of pyridine rings is 1. The van der Waals surface area contributed by atoms with E-state index >= 15 is 0 Å². The van der Waals surface area contributed by atoms with E-state index in [1.165, 1.54) is 4.68 Å². The zero-order valence-electron chi connectivity index (χ0n) is 12.9. The number of nitrogens with zero attached hydrogens (tertiary/aromatic N) is 3. The van der Waals surface area contributed by atoms with Crippen LogP contribution in [0.2, 0.25) is 0 Å². The zero-order chi connectivity index (χ0) is 16.1. The molecule has 0 aromatic carbocycles. The minimum absolute atomic E-state index is 0.179. The lowest BCUT2D eigenvalue weighted by molar-refractivity contribution is -0.116. The number of hydrogen-bond donors (Lipinski definition) is 2. The fourth-order valence-corrected chi connectivity index (χ4v) is 2.01. The fourth-order valence-electron chi connectivity index (χ4n) is 2.01. The predicted octanol–water partition coefficient (Wildman–Crippen LogP) is 1.19. The Bertz CT molecular complexity index is 693. The zero-order valence-corrected chi connectivity index (χ0v) is 12.9.